The van der Waals surface area contributed by atoms with Crippen LogP contribution < -0.4 is 21.9 Å². The maximum absolute atomic E-state index is 2.34. The third kappa shape index (κ3) is 3.34. The van der Waals surface area contributed by atoms with E-state index in [-0.39, 0.29) is 0 Å². The summed E-state index contributed by atoms with van der Waals surface area (Å²) in [6.45, 7) is 1.16. The molecule has 0 bridgehead atoms. The minimum Gasteiger partial charge on any atom is -0.0668 e. The van der Waals surface area contributed by atoms with Gasteiger partial charge in [-0.3, -0.25) is 0 Å². The molecule has 4 aromatic carbocycles. The molecular weight excluding hydrogens is 382 g/mol. The quantitative estimate of drug-likeness (QED) is 0.293. The molecule has 0 aromatic heterocycles. The molecule has 2 heteroatoms. The van der Waals surface area contributed by atoms with Crippen LogP contribution >= 0.6 is 0 Å². The maximum atomic E-state index is 2.34. The van der Waals surface area contributed by atoms with Crippen LogP contribution in [0.3, 0.4) is 0 Å². The Morgan fingerprint density at radius 1 is 0.344 bits per heavy atom. The first-order valence-corrected chi connectivity index (χ1v) is 12.3. The van der Waals surface area contributed by atoms with Gasteiger partial charge in [0.15, 0.2) is 0 Å². The highest BCUT2D eigenvalue weighted by atomic mass is 14.2. The van der Waals surface area contributed by atoms with Gasteiger partial charge in [-0.15, -0.1) is 0 Å². The lowest BCUT2D eigenvalue weighted by Crippen LogP contribution is -2.37. The first-order valence-electron chi connectivity index (χ1n) is 12.3. The van der Waals surface area contributed by atoms with Crippen LogP contribution in [0.1, 0.15) is 25.7 Å². The summed E-state index contributed by atoms with van der Waals surface area (Å²) >= 11 is 0. The number of benzene rings is 4. The van der Waals surface area contributed by atoms with Gasteiger partial charge in [-0.25, -0.2) is 0 Å². The summed E-state index contributed by atoms with van der Waals surface area (Å²) < 4.78 is 0. The van der Waals surface area contributed by atoms with Crippen molar-refractivity contribution in [2.45, 2.75) is 38.3 Å². The average molecular weight is 410 g/mol. The summed E-state index contributed by atoms with van der Waals surface area (Å²) in [7, 11) is 0. The van der Waals surface area contributed by atoms with E-state index in [4.69, 9.17) is 0 Å². The minimum absolute atomic E-state index is 0.580. The van der Waals surface area contributed by atoms with Gasteiger partial charge in [-0.1, -0.05) is 157 Å². The van der Waals surface area contributed by atoms with Crippen molar-refractivity contribution in [3.63, 3.8) is 0 Å². The van der Waals surface area contributed by atoms with Crippen LogP contribution in [0.2, 0.25) is 12.6 Å². The van der Waals surface area contributed by atoms with Gasteiger partial charge >= 0.3 is 0 Å². The number of unbranched alkanes of at least 4 members (excludes halogenated alkanes) is 3. The van der Waals surface area contributed by atoms with E-state index in [1.165, 1.54) is 82.4 Å². The van der Waals surface area contributed by atoms with Crippen molar-refractivity contribution in [1.82, 2.24) is 0 Å². The fraction of sp³-hybridized carbons (Fsp3) is 0.200. The van der Waals surface area contributed by atoms with Crippen LogP contribution in [0.5, 0.6) is 0 Å². The van der Waals surface area contributed by atoms with Gasteiger partial charge in [0.1, 0.15) is 0 Å². The molecule has 0 atom stereocenters. The molecule has 0 fully saturated rings. The van der Waals surface area contributed by atoms with Crippen LogP contribution in [0.15, 0.2) is 97.1 Å². The summed E-state index contributed by atoms with van der Waals surface area (Å²) in [5.74, 6) is 0. The second-order valence-corrected chi connectivity index (χ2v) is 9.45. The summed E-state index contributed by atoms with van der Waals surface area (Å²) in [5.41, 5.74) is 11.9. The normalized spacial score (nSPS) is 13.0. The molecule has 2 aliphatic heterocycles. The molecule has 0 N–H and O–H groups in total. The highest BCUT2D eigenvalue weighted by Gasteiger charge is 2.31. The minimum atomic E-state index is 0.580. The molecule has 2 aliphatic rings. The second kappa shape index (κ2) is 8.51. The Balaban J connectivity index is 1.06. The lowest BCUT2D eigenvalue weighted by Gasteiger charge is -2.11. The zero-order chi connectivity index (χ0) is 21.3. The third-order valence-electron chi connectivity index (χ3n) is 7.66. The van der Waals surface area contributed by atoms with Crippen LogP contribution in [0.25, 0.3) is 22.3 Å². The van der Waals surface area contributed by atoms with E-state index in [0.717, 1.165) is 0 Å². The molecule has 154 valence electrons. The summed E-state index contributed by atoms with van der Waals surface area (Å²) in [6.07, 6.45) is 7.82. The zero-order valence-corrected chi connectivity index (χ0v) is 18.6. The Labute approximate surface area is 192 Å². The molecule has 0 amide bonds. The van der Waals surface area contributed by atoms with Crippen LogP contribution in [-0.4, -0.2) is 13.4 Å². The van der Waals surface area contributed by atoms with E-state index >= 15 is 0 Å². The highest BCUT2D eigenvalue weighted by Crippen LogP contribution is 2.26. The summed E-state index contributed by atoms with van der Waals surface area (Å²) in [5, 5.41) is 0. The fourth-order valence-corrected chi connectivity index (χ4v) is 6.19. The van der Waals surface area contributed by atoms with E-state index in [1.54, 1.807) is 0 Å². The molecular formula is C30H28B2. The molecule has 0 saturated heterocycles. The predicted molar refractivity (Wildman–Crippen MR) is 142 cm³/mol. The van der Waals surface area contributed by atoms with Crippen LogP contribution in [-0.2, 0) is 0 Å². The van der Waals surface area contributed by atoms with Crippen molar-refractivity contribution in [2.75, 3.05) is 0 Å². The van der Waals surface area contributed by atoms with Crippen LogP contribution in [0, 0.1) is 0 Å². The van der Waals surface area contributed by atoms with Gasteiger partial charge < -0.3 is 0 Å². The Bertz CT molecular complexity index is 1070. The van der Waals surface area contributed by atoms with Gasteiger partial charge in [0.2, 0.25) is 13.4 Å². The average Bonchev–Trinajstić information content (AvgIpc) is 3.35. The molecule has 4 aromatic rings. The van der Waals surface area contributed by atoms with Crippen molar-refractivity contribution < 1.29 is 0 Å². The topological polar surface area (TPSA) is 0 Å². The van der Waals surface area contributed by atoms with E-state index in [0.29, 0.717) is 13.4 Å². The standard InChI is InChI=1S/C30H28B2/c1(11-21-31-27-17-7-3-13-23(27)24-14-4-8-18-28(24)31)2-12-22-32-29-19-9-5-15-25(29)26-16-6-10-20-30(26)32/h3-10,13-20H,1-2,11-12,21-22H2. The van der Waals surface area contributed by atoms with Crippen molar-refractivity contribution in [2.24, 2.45) is 0 Å². The first-order chi connectivity index (χ1) is 15.9. The Hall–Kier alpha value is -2.99. The predicted octanol–water partition coefficient (Wildman–Crippen LogP) is 5.13. The first kappa shape index (κ1) is 19.7. The number of hydrogen-bond donors (Lipinski definition) is 0. The Morgan fingerprint density at radius 2 is 0.625 bits per heavy atom. The number of hydrogen-bond acceptors (Lipinski definition) is 0. The SMILES string of the molecule is c1ccc2c(c1)B(CCCCCCB1c3ccccc3-c3ccccc31)c1ccccc1-2. The Kier molecular flexibility index (Phi) is 5.23. The van der Waals surface area contributed by atoms with Crippen molar-refractivity contribution in [3.8, 4) is 22.3 Å². The Morgan fingerprint density at radius 3 is 0.938 bits per heavy atom. The molecule has 2 heterocycles. The van der Waals surface area contributed by atoms with Crippen molar-refractivity contribution in [1.29, 1.82) is 0 Å². The summed E-state index contributed by atoms with van der Waals surface area (Å²) in [6, 6.07) is 36.1. The molecule has 0 spiro atoms. The van der Waals surface area contributed by atoms with Gasteiger partial charge in [0.05, 0.1) is 0 Å². The third-order valence-corrected chi connectivity index (χ3v) is 7.66. The molecule has 0 radical (unpaired) electrons. The lowest BCUT2D eigenvalue weighted by atomic mass is 9.40. The zero-order valence-electron chi connectivity index (χ0n) is 18.6. The van der Waals surface area contributed by atoms with Gasteiger partial charge in [-0.2, -0.15) is 0 Å². The van der Waals surface area contributed by atoms with E-state index in [9.17, 15) is 0 Å². The van der Waals surface area contributed by atoms with E-state index in [1.807, 2.05) is 0 Å². The van der Waals surface area contributed by atoms with Gasteiger partial charge in [0.25, 0.3) is 0 Å². The van der Waals surface area contributed by atoms with Gasteiger partial charge in [-0.05, 0) is 22.3 Å². The maximum Gasteiger partial charge on any atom is 0.210 e. The second-order valence-electron chi connectivity index (χ2n) is 9.45. The van der Waals surface area contributed by atoms with Crippen LogP contribution in [0.4, 0.5) is 0 Å². The smallest absolute Gasteiger partial charge is 0.0668 e. The monoisotopic (exact) mass is 410 g/mol. The largest absolute Gasteiger partial charge is 0.210 e. The lowest BCUT2D eigenvalue weighted by molar-refractivity contribution is 0.698. The highest BCUT2D eigenvalue weighted by molar-refractivity contribution is 6.90. The van der Waals surface area contributed by atoms with E-state index in [2.05, 4.69) is 97.1 Å². The van der Waals surface area contributed by atoms with Crippen molar-refractivity contribution in [3.05, 3.63) is 97.1 Å². The molecule has 6 rings (SSSR count). The summed E-state index contributed by atoms with van der Waals surface area (Å²) in [4.78, 5) is 0. The molecule has 0 unspecified atom stereocenters. The fourth-order valence-electron chi connectivity index (χ4n) is 6.19. The molecule has 0 nitrogen and oxygen atoms in total. The molecule has 0 aliphatic carbocycles. The van der Waals surface area contributed by atoms with Crippen molar-refractivity contribution >= 4 is 35.3 Å². The van der Waals surface area contributed by atoms with Gasteiger partial charge in [0, 0.05) is 0 Å². The number of rotatable bonds is 7. The number of fused-ring (bicyclic) bond motifs is 6. The van der Waals surface area contributed by atoms with E-state index < -0.39 is 0 Å². The molecule has 0 saturated carbocycles. The molecule has 32 heavy (non-hydrogen) atoms.